The van der Waals surface area contributed by atoms with Crippen molar-refractivity contribution in [2.75, 3.05) is 0 Å². The molecule has 0 saturated carbocycles. The normalized spacial score (nSPS) is 9.76. The minimum absolute atomic E-state index is 0.287. The fourth-order valence-corrected chi connectivity index (χ4v) is 1.53. The molecular weight excluding hydrogens is 212 g/mol. The van der Waals surface area contributed by atoms with Gasteiger partial charge in [0.2, 0.25) is 0 Å². The van der Waals surface area contributed by atoms with Gasteiger partial charge in [-0.05, 0) is 24.0 Å². The number of rotatable bonds is 4. The number of carbonyl (C=O) groups excluding carboxylic acids is 1. The summed E-state index contributed by atoms with van der Waals surface area (Å²) in [6.07, 6.45) is 0.722. The molecule has 0 aliphatic heterocycles. The lowest BCUT2D eigenvalue weighted by Gasteiger charge is -2.02. The van der Waals surface area contributed by atoms with Crippen LogP contribution in [0, 0.1) is 5.92 Å². The number of Topliss-reactive ketones (excluding diaryl/α,β-unsaturated/α-hetero) is 1. The Kier molecular flexibility index (Phi) is 8.28. The first-order chi connectivity index (χ1) is 8.01. The van der Waals surface area contributed by atoms with Gasteiger partial charge in [0.15, 0.2) is 0 Å². The van der Waals surface area contributed by atoms with Crippen LogP contribution in [0.4, 0.5) is 0 Å². The molecule has 0 aliphatic rings. The van der Waals surface area contributed by atoms with Crippen LogP contribution in [0.3, 0.4) is 0 Å². The van der Waals surface area contributed by atoms with Gasteiger partial charge in [0.05, 0.1) is 0 Å². The Morgan fingerprint density at radius 3 is 1.71 bits per heavy atom. The molecule has 0 spiro atoms. The number of carbonyl (C=O) groups is 1. The number of nitrogens with two attached hydrogens (primary N) is 2. The number of hydrogen-bond acceptors (Lipinski definition) is 3. The minimum Gasteiger partial charge on any atom is -0.326 e. The Morgan fingerprint density at radius 1 is 1.12 bits per heavy atom. The Labute approximate surface area is 104 Å². The van der Waals surface area contributed by atoms with Gasteiger partial charge in [-0.1, -0.05) is 38.1 Å². The lowest BCUT2D eigenvalue weighted by atomic mass is 10.1. The Bertz CT molecular complexity index is 312. The van der Waals surface area contributed by atoms with Crippen LogP contribution in [0.25, 0.3) is 0 Å². The Balaban J connectivity index is 0.000000325. The fourth-order valence-electron chi connectivity index (χ4n) is 1.53. The molecule has 0 saturated heterocycles. The van der Waals surface area contributed by atoms with E-state index in [1.165, 1.54) is 0 Å². The SMILES string of the molecule is CC(=O)CC(C)C.NCc1ccccc1CN. The largest absolute Gasteiger partial charge is 0.326 e. The quantitative estimate of drug-likeness (QED) is 0.842. The van der Waals surface area contributed by atoms with Crippen LogP contribution in [0.2, 0.25) is 0 Å². The third-order valence-electron chi connectivity index (χ3n) is 2.25. The summed E-state index contributed by atoms with van der Waals surface area (Å²) in [6, 6.07) is 7.95. The molecule has 0 radical (unpaired) electrons. The molecule has 17 heavy (non-hydrogen) atoms. The monoisotopic (exact) mass is 236 g/mol. The van der Waals surface area contributed by atoms with Crippen LogP contribution < -0.4 is 11.5 Å². The summed E-state index contributed by atoms with van der Waals surface area (Å²) in [7, 11) is 0. The van der Waals surface area contributed by atoms with E-state index < -0.39 is 0 Å². The average Bonchev–Trinajstić information content (AvgIpc) is 2.28. The molecular formula is C14H24N2O. The van der Waals surface area contributed by atoms with Crippen LogP contribution in [0.1, 0.15) is 38.3 Å². The van der Waals surface area contributed by atoms with E-state index >= 15 is 0 Å². The summed E-state index contributed by atoms with van der Waals surface area (Å²) >= 11 is 0. The van der Waals surface area contributed by atoms with Crippen LogP contribution in [-0.4, -0.2) is 5.78 Å². The highest BCUT2D eigenvalue weighted by Crippen LogP contribution is 2.05. The van der Waals surface area contributed by atoms with E-state index in [0.29, 0.717) is 19.0 Å². The summed E-state index contributed by atoms with van der Waals surface area (Å²) < 4.78 is 0. The van der Waals surface area contributed by atoms with Gasteiger partial charge in [0.25, 0.3) is 0 Å². The highest BCUT2D eigenvalue weighted by Gasteiger charge is 1.95. The van der Waals surface area contributed by atoms with E-state index in [1.54, 1.807) is 6.92 Å². The summed E-state index contributed by atoms with van der Waals surface area (Å²) in [6.45, 7) is 6.86. The maximum Gasteiger partial charge on any atom is 0.130 e. The molecule has 4 N–H and O–H groups in total. The zero-order valence-electron chi connectivity index (χ0n) is 11.1. The standard InChI is InChI=1S/C8H12N2.C6H12O/c9-5-7-3-1-2-4-8(7)6-10;1-5(2)4-6(3)7/h1-4H,5-6,9-10H2;5H,4H2,1-3H3. The molecule has 1 aromatic carbocycles. The molecule has 0 bridgehead atoms. The molecule has 96 valence electrons. The summed E-state index contributed by atoms with van der Waals surface area (Å²) in [5, 5.41) is 0. The van der Waals surface area contributed by atoms with Crippen LogP contribution >= 0.6 is 0 Å². The fraction of sp³-hybridized carbons (Fsp3) is 0.500. The second kappa shape index (κ2) is 8.90. The number of hydrogen-bond donors (Lipinski definition) is 2. The van der Waals surface area contributed by atoms with Gasteiger partial charge in [-0.15, -0.1) is 0 Å². The van der Waals surface area contributed by atoms with E-state index in [0.717, 1.165) is 17.5 Å². The summed E-state index contributed by atoms with van der Waals surface area (Å²) in [5.74, 6) is 0.813. The van der Waals surface area contributed by atoms with Crippen LogP contribution in [0.15, 0.2) is 24.3 Å². The second-order valence-electron chi connectivity index (χ2n) is 4.48. The van der Waals surface area contributed by atoms with Crippen molar-refractivity contribution in [3.05, 3.63) is 35.4 Å². The molecule has 0 aromatic heterocycles. The molecule has 1 rings (SSSR count). The van der Waals surface area contributed by atoms with Gasteiger partial charge in [-0.3, -0.25) is 0 Å². The molecule has 3 heteroatoms. The molecule has 1 aromatic rings. The number of ketones is 1. The van der Waals surface area contributed by atoms with Crippen molar-refractivity contribution in [2.24, 2.45) is 17.4 Å². The van der Waals surface area contributed by atoms with Crippen molar-refractivity contribution in [2.45, 2.75) is 40.3 Å². The van der Waals surface area contributed by atoms with Gasteiger partial charge in [0, 0.05) is 19.5 Å². The first-order valence-electron chi connectivity index (χ1n) is 5.97. The molecule has 0 unspecified atom stereocenters. The lowest BCUT2D eigenvalue weighted by molar-refractivity contribution is -0.117. The molecule has 3 nitrogen and oxygen atoms in total. The van der Waals surface area contributed by atoms with Crippen LogP contribution in [0.5, 0.6) is 0 Å². The van der Waals surface area contributed by atoms with E-state index in [9.17, 15) is 4.79 Å². The third kappa shape index (κ3) is 7.66. The summed E-state index contributed by atoms with van der Waals surface area (Å²) in [5.41, 5.74) is 13.2. The number of benzene rings is 1. The van der Waals surface area contributed by atoms with Gasteiger partial charge in [-0.2, -0.15) is 0 Å². The highest BCUT2D eigenvalue weighted by atomic mass is 16.1. The van der Waals surface area contributed by atoms with Crippen molar-refractivity contribution in [1.29, 1.82) is 0 Å². The van der Waals surface area contributed by atoms with Crippen molar-refractivity contribution < 1.29 is 4.79 Å². The topological polar surface area (TPSA) is 69.1 Å². The first kappa shape index (κ1) is 15.8. The Morgan fingerprint density at radius 2 is 1.53 bits per heavy atom. The van der Waals surface area contributed by atoms with Crippen molar-refractivity contribution >= 4 is 5.78 Å². The van der Waals surface area contributed by atoms with Gasteiger partial charge >= 0.3 is 0 Å². The molecule has 0 atom stereocenters. The average molecular weight is 236 g/mol. The highest BCUT2D eigenvalue weighted by molar-refractivity contribution is 5.75. The zero-order valence-corrected chi connectivity index (χ0v) is 11.1. The van der Waals surface area contributed by atoms with E-state index in [4.69, 9.17) is 11.5 Å². The smallest absolute Gasteiger partial charge is 0.130 e. The maximum atomic E-state index is 10.3. The summed E-state index contributed by atoms with van der Waals surface area (Å²) in [4.78, 5) is 10.3. The Hall–Kier alpha value is -1.19. The van der Waals surface area contributed by atoms with Crippen molar-refractivity contribution in [1.82, 2.24) is 0 Å². The van der Waals surface area contributed by atoms with Crippen molar-refractivity contribution in [3.8, 4) is 0 Å². The van der Waals surface area contributed by atoms with Gasteiger partial charge in [-0.25, -0.2) is 0 Å². The first-order valence-corrected chi connectivity index (χ1v) is 5.97. The lowest BCUT2D eigenvalue weighted by Crippen LogP contribution is -2.05. The molecule has 0 fully saturated rings. The minimum atomic E-state index is 0.287. The maximum absolute atomic E-state index is 10.3. The van der Waals surface area contributed by atoms with E-state index in [-0.39, 0.29) is 5.78 Å². The second-order valence-corrected chi connectivity index (χ2v) is 4.48. The van der Waals surface area contributed by atoms with Crippen molar-refractivity contribution in [3.63, 3.8) is 0 Å². The van der Waals surface area contributed by atoms with Crippen LogP contribution in [-0.2, 0) is 17.9 Å². The molecule has 0 amide bonds. The molecule has 0 aliphatic carbocycles. The molecule has 0 heterocycles. The zero-order chi connectivity index (χ0) is 13.3. The van der Waals surface area contributed by atoms with E-state index in [1.807, 2.05) is 38.1 Å². The van der Waals surface area contributed by atoms with Gasteiger partial charge in [0.1, 0.15) is 5.78 Å². The predicted molar refractivity (Wildman–Crippen MR) is 72.4 cm³/mol. The third-order valence-corrected chi connectivity index (χ3v) is 2.25. The van der Waals surface area contributed by atoms with Gasteiger partial charge < -0.3 is 16.3 Å². The van der Waals surface area contributed by atoms with E-state index in [2.05, 4.69) is 0 Å². The predicted octanol–water partition coefficient (Wildman–Crippen LogP) is 2.23.